The van der Waals surface area contributed by atoms with E-state index in [9.17, 15) is 4.39 Å². The fraction of sp³-hybridized carbons (Fsp3) is 0.625. The topological polar surface area (TPSA) is 12.0 Å². The Morgan fingerprint density at radius 2 is 2.11 bits per heavy atom. The van der Waals surface area contributed by atoms with Crippen molar-refractivity contribution in [2.45, 2.75) is 58.5 Å². The standard InChI is InChI=1S/C16H23ClFN/c1-11(13-8-7-12(18)10-14(13)17)19-15-6-4-5-9-16(15,2)3/h7-8,10-11,15,19H,4-6,9H2,1-3H3. The van der Waals surface area contributed by atoms with Crippen molar-refractivity contribution in [3.63, 3.8) is 0 Å². The molecule has 0 amide bonds. The Morgan fingerprint density at radius 1 is 1.37 bits per heavy atom. The molecule has 1 aromatic rings. The molecular formula is C16H23ClFN. The highest BCUT2D eigenvalue weighted by molar-refractivity contribution is 6.31. The zero-order valence-corrected chi connectivity index (χ0v) is 12.7. The molecule has 19 heavy (non-hydrogen) atoms. The molecule has 0 bridgehead atoms. The lowest BCUT2D eigenvalue weighted by atomic mass is 9.73. The van der Waals surface area contributed by atoms with Crippen LogP contribution in [0, 0.1) is 11.2 Å². The van der Waals surface area contributed by atoms with Crippen molar-refractivity contribution in [1.29, 1.82) is 0 Å². The van der Waals surface area contributed by atoms with Crippen molar-refractivity contribution in [3.8, 4) is 0 Å². The highest BCUT2D eigenvalue weighted by Crippen LogP contribution is 2.37. The molecule has 106 valence electrons. The third-order valence-electron chi connectivity index (χ3n) is 4.39. The first kappa shape index (κ1) is 14.8. The van der Waals surface area contributed by atoms with Crippen LogP contribution in [0.1, 0.15) is 58.1 Å². The maximum atomic E-state index is 13.1. The number of hydrogen-bond donors (Lipinski definition) is 1. The van der Waals surface area contributed by atoms with Crippen LogP contribution in [-0.2, 0) is 0 Å². The van der Waals surface area contributed by atoms with E-state index in [0.717, 1.165) is 5.56 Å². The molecule has 1 fully saturated rings. The van der Waals surface area contributed by atoms with Gasteiger partial charge >= 0.3 is 0 Å². The number of benzene rings is 1. The molecule has 0 aliphatic heterocycles. The predicted octanol–water partition coefficient (Wildman–Crippen LogP) is 5.10. The van der Waals surface area contributed by atoms with Crippen LogP contribution in [0.25, 0.3) is 0 Å². The van der Waals surface area contributed by atoms with E-state index in [1.165, 1.54) is 37.8 Å². The minimum Gasteiger partial charge on any atom is -0.307 e. The summed E-state index contributed by atoms with van der Waals surface area (Å²) in [6.45, 7) is 6.75. The average molecular weight is 284 g/mol. The molecule has 1 aromatic carbocycles. The third-order valence-corrected chi connectivity index (χ3v) is 4.71. The Bertz CT molecular complexity index is 444. The fourth-order valence-electron chi connectivity index (χ4n) is 3.05. The summed E-state index contributed by atoms with van der Waals surface area (Å²) in [5, 5.41) is 4.19. The largest absolute Gasteiger partial charge is 0.307 e. The Labute approximate surface area is 120 Å². The summed E-state index contributed by atoms with van der Waals surface area (Å²) in [4.78, 5) is 0. The van der Waals surface area contributed by atoms with Gasteiger partial charge in [-0.15, -0.1) is 0 Å². The Balaban J connectivity index is 2.09. The first-order valence-corrected chi connectivity index (χ1v) is 7.49. The van der Waals surface area contributed by atoms with Gasteiger partial charge < -0.3 is 5.32 Å². The van der Waals surface area contributed by atoms with Crippen LogP contribution in [0.3, 0.4) is 0 Å². The molecule has 2 unspecified atom stereocenters. The first-order chi connectivity index (χ1) is 8.90. The summed E-state index contributed by atoms with van der Waals surface area (Å²) in [7, 11) is 0. The van der Waals surface area contributed by atoms with Gasteiger partial charge in [-0.2, -0.15) is 0 Å². The van der Waals surface area contributed by atoms with E-state index in [4.69, 9.17) is 11.6 Å². The van der Waals surface area contributed by atoms with Crippen molar-refractivity contribution in [2.24, 2.45) is 5.41 Å². The first-order valence-electron chi connectivity index (χ1n) is 7.11. The van der Waals surface area contributed by atoms with Crippen LogP contribution in [-0.4, -0.2) is 6.04 Å². The molecule has 0 aromatic heterocycles. The molecular weight excluding hydrogens is 261 g/mol. The lowest BCUT2D eigenvalue weighted by Gasteiger charge is -2.41. The van der Waals surface area contributed by atoms with Gasteiger partial charge in [0, 0.05) is 17.1 Å². The van der Waals surface area contributed by atoms with E-state index < -0.39 is 0 Å². The summed E-state index contributed by atoms with van der Waals surface area (Å²) in [6, 6.07) is 5.30. The summed E-state index contributed by atoms with van der Waals surface area (Å²) in [5.41, 5.74) is 1.29. The fourth-order valence-corrected chi connectivity index (χ4v) is 3.38. The summed E-state index contributed by atoms with van der Waals surface area (Å²) in [6.07, 6.45) is 5.06. The van der Waals surface area contributed by atoms with E-state index in [2.05, 4.69) is 26.1 Å². The molecule has 2 atom stereocenters. The highest BCUT2D eigenvalue weighted by Gasteiger charge is 2.33. The Morgan fingerprint density at radius 3 is 2.74 bits per heavy atom. The van der Waals surface area contributed by atoms with Crippen molar-refractivity contribution in [2.75, 3.05) is 0 Å². The summed E-state index contributed by atoms with van der Waals surface area (Å²) in [5.74, 6) is -0.279. The highest BCUT2D eigenvalue weighted by atomic mass is 35.5. The normalized spacial score (nSPS) is 24.2. The van der Waals surface area contributed by atoms with Gasteiger partial charge in [-0.1, -0.05) is 44.4 Å². The lowest BCUT2D eigenvalue weighted by molar-refractivity contribution is 0.157. The van der Waals surface area contributed by atoms with Gasteiger partial charge in [-0.25, -0.2) is 4.39 Å². The molecule has 2 rings (SSSR count). The number of hydrogen-bond acceptors (Lipinski definition) is 1. The molecule has 0 radical (unpaired) electrons. The molecule has 1 aliphatic carbocycles. The van der Waals surface area contributed by atoms with Gasteiger partial charge in [0.1, 0.15) is 5.82 Å². The van der Waals surface area contributed by atoms with Gasteiger partial charge in [0.2, 0.25) is 0 Å². The van der Waals surface area contributed by atoms with E-state index >= 15 is 0 Å². The van der Waals surface area contributed by atoms with Gasteiger partial charge in [0.05, 0.1) is 0 Å². The van der Waals surface area contributed by atoms with Gasteiger partial charge in [-0.05, 0) is 42.9 Å². The Kier molecular flexibility index (Phi) is 4.52. The Hall–Kier alpha value is -0.600. The predicted molar refractivity (Wildman–Crippen MR) is 79.0 cm³/mol. The second-order valence-corrected chi connectivity index (χ2v) is 6.75. The van der Waals surface area contributed by atoms with Crippen LogP contribution in [0.15, 0.2) is 18.2 Å². The van der Waals surface area contributed by atoms with Gasteiger partial charge in [0.15, 0.2) is 0 Å². The van der Waals surface area contributed by atoms with Crippen molar-refractivity contribution < 1.29 is 4.39 Å². The molecule has 1 aliphatic rings. The molecule has 1 nitrogen and oxygen atoms in total. The molecule has 1 saturated carbocycles. The van der Waals surface area contributed by atoms with Crippen molar-refractivity contribution in [1.82, 2.24) is 5.32 Å². The van der Waals surface area contributed by atoms with Crippen LogP contribution in [0.4, 0.5) is 4.39 Å². The van der Waals surface area contributed by atoms with E-state index in [-0.39, 0.29) is 11.9 Å². The van der Waals surface area contributed by atoms with E-state index in [1.807, 2.05) is 0 Å². The quantitative estimate of drug-likeness (QED) is 0.814. The van der Waals surface area contributed by atoms with Crippen LogP contribution in [0.5, 0.6) is 0 Å². The van der Waals surface area contributed by atoms with Crippen LogP contribution in [0.2, 0.25) is 5.02 Å². The third kappa shape index (κ3) is 3.49. The molecule has 0 spiro atoms. The average Bonchev–Trinajstić information content (AvgIpc) is 2.31. The maximum Gasteiger partial charge on any atom is 0.124 e. The summed E-state index contributed by atoms with van der Waals surface area (Å²) < 4.78 is 13.1. The molecule has 0 heterocycles. The minimum atomic E-state index is -0.279. The molecule has 1 N–H and O–H groups in total. The number of nitrogens with one attached hydrogen (secondary N) is 1. The lowest BCUT2D eigenvalue weighted by Crippen LogP contribution is -2.45. The van der Waals surface area contributed by atoms with Crippen molar-refractivity contribution in [3.05, 3.63) is 34.6 Å². The van der Waals surface area contributed by atoms with E-state index in [1.54, 1.807) is 6.07 Å². The summed E-state index contributed by atoms with van der Waals surface area (Å²) >= 11 is 6.13. The minimum absolute atomic E-state index is 0.149. The second kappa shape index (κ2) is 5.80. The van der Waals surface area contributed by atoms with Gasteiger partial charge in [0.25, 0.3) is 0 Å². The second-order valence-electron chi connectivity index (χ2n) is 6.34. The smallest absolute Gasteiger partial charge is 0.124 e. The van der Waals surface area contributed by atoms with Gasteiger partial charge in [-0.3, -0.25) is 0 Å². The monoisotopic (exact) mass is 283 g/mol. The number of halogens is 2. The van der Waals surface area contributed by atoms with E-state index in [0.29, 0.717) is 16.5 Å². The zero-order valence-electron chi connectivity index (χ0n) is 12.0. The van der Waals surface area contributed by atoms with Crippen molar-refractivity contribution >= 4 is 11.6 Å². The maximum absolute atomic E-state index is 13.1. The van der Waals surface area contributed by atoms with Crippen LogP contribution >= 0.6 is 11.6 Å². The number of rotatable bonds is 3. The molecule has 3 heteroatoms. The molecule has 0 saturated heterocycles. The SMILES string of the molecule is CC(NC1CCCCC1(C)C)c1ccc(F)cc1Cl. The van der Waals surface area contributed by atoms with Crippen LogP contribution < -0.4 is 5.32 Å². The zero-order chi connectivity index (χ0) is 14.0.